The highest BCUT2D eigenvalue weighted by Gasteiger charge is 2.04. The lowest BCUT2D eigenvalue weighted by molar-refractivity contribution is -0.142. The second kappa shape index (κ2) is 8.10. The number of esters is 1. The summed E-state index contributed by atoms with van der Waals surface area (Å²) in [6.45, 7) is 3.04. The number of carbonyl (C=O) groups excluding carboxylic acids is 1. The number of carboxylic acids is 1. The molecule has 1 aromatic rings. The van der Waals surface area contributed by atoms with Crippen LogP contribution in [0.4, 0.5) is 0 Å². The monoisotopic (exact) mass is 267 g/mol. The minimum atomic E-state index is -0.995. The lowest BCUT2D eigenvalue weighted by atomic mass is 10.2. The molecule has 104 valence electrons. The van der Waals surface area contributed by atoms with Crippen LogP contribution in [0, 0.1) is 0 Å². The summed E-state index contributed by atoms with van der Waals surface area (Å²) in [5, 5.41) is 11.7. The van der Waals surface area contributed by atoms with E-state index in [1.807, 2.05) is 0 Å². The van der Waals surface area contributed by atoms with Crippen LogP contribution < -0.4 is 10.1 Å². The number of rotatable bonds is 8. The van der Waals surface area contributed by atoms with Gasteiger partial charge in [0.05, 0.1) is 18.7 Å². The fourth-order valence-corrected chi connectivity index (χ4v) is 1.36. The summed E-state index contributed by atoms with van der Waals surface area (Å²) in [7, 11) is 0. The van der Waals surface area contributed by atoms with Crippen molar-refractivity contribution < 1.29 is 24.2 Å². The number of hydrogen-bond acceptors (Lipinski definition) is 5. The van der Waals surface area contributed by atoms with Crippen LogP contribution in [0.15, 0.2) is 24.3 Å². The molecule has 0 spiro atoms. The fraction of sp³-hybridized carbons (Fsp3) is 0.385. The molecular formula is C13H17NO5. The molecule has 0 atom stereocenters. The van der Waals surface area contributed by atoms with Crippen LogP contribution in [0.2, 0.25) is 0 Å². The third-order valence-corrected chi connectivity index (χ3v) is 2.20. The molecule has 1 aromatic carbocycles. The zero-order valence-corrected chi connectivity index (χ0v) is 10.7. The summed E-state index contributed by atoms with van der Waals surface area (Å²) < 4.78 is 10.1. The van der Waals surface area contributed by atoms with Crippen LogP contribution in [-0.4, -0.2) is 43.3 Å². The Kier molecular flexibility index (Phi) is 6.38. The molecule has 6 heteroatoms. The molecule has 0 fully saturated rings. The van der Waals surface area contributed by atoms with E-state index in [4.69, 9.17) is 14.6 Å². The normalized spacial score (nSPS) is 9.95. The molecule has 0 saturated heterocycles. The van der Waals surface area contributed by atoms with E-state index < -0.39 is 5.97 Å². The number of carbonyl (C=O) groups is 2. The molecular weight excluding hydrogens is 250 g/mol. The predicted molar refractivity (Wildman–Crippen MR) is 68.4 cm³/mol. The van der Waals surface area contributed by atoms with Crippen LogP contribution in [0.5, 0.6) is 5.75 Å². The minimum absolute atomic E-state index is 0.131. The Balaban J connectivity index is 2.24. The molecule has 0 amide bonds. The SMILES string of the molecule is CCOC(=O)CNCCOc1cccc(C(=O)O)c1. The first-order chi connectivity index (χ1) is 9.13. The second-order valence-electron chi connectivity index (χ2n) is 3.66. The molecule has 0 bridgehead atoms. The van der Waals surface area contributed by atoms with Crippen molar-refractivity contribution in [2.45, 2.75) is 6.92 Å². The quantitative estimate of drug-likeness (QED) is 0.538. The summed E-state index contributed by atoms with van der Waals surface area (Å²) >= 11 is 0. The zero-order valence-electron chi connectivity index (χ0n) is 10.7. The molecule has 0 aliphatic carbocycles. The maximum atomic E-state index is 11.0. The number of benzene rings is 1. The Morgan fingerprint density at radius 2 is 2.16 bits per heavy atom. The Morgan fingerprint density at radius 1 is 1.37 bits per heavy atom. The Labute approximate surface area is 111 Å². The smallest absolute Gasteiger partial charge is 0.335 e. The van der Waals surface area contributed by atoms with Gasteiger partial charge in [-0.05, 0) is 25.1 Å². The van der Waals surface area contributed by atoms with Gasteiger partial charge >= 0.3 is 11.9 Å². The largest absolute Gasteiger partial charge is 0.492 e. The first-order valence-corrected chi connectivity index (χ1v) is 5.96. The molecule has 19 heavy (non-hydrogen) atoms. The number of nitrogens with one attached hydrogen (secondary N) is 1. The van der Waals surface area contributed by atoms with Crippen molar-refractivity contribution in [2.75, 3.05) is 26.3 Å². The average Bonchev–Trinajstić information content (AvgIpc) is 2.39. The molecule has 0 aliphatic rings. The van der Waals surface area contributed by atoms with Gasteiger partial charge in [0.1, 0.15) is 12.4 Å². The molecule has 0 aliphatic heterocycles. The predicted octanol–water partition coefficient (Wildman–Crippen LogP) is 0.916. The first-order valence-electron chi connectivity index (χ1n) is 5.96. The number of hydrogen-bond donors (Lipinski definition) is 2. The van der Waals surface area contributed by atoms with E-state index in [9.17, 15) is 9.59 Å². The van der Waals surface area contributed by atoms with Crippen molar-refractivity contribution in [1.82, 2.24) is 5.32 Å². The minimum Gasteiger partial charge on any atom is -0.492 e. The third-order valence-electron chi connectivity index (χ3n) is 2.20. The van der Waals surface area contributed by atoms with Crippen LogP contribution in [0.3, 0.4) is 0 Å². The highest BCUT2D eigenvalue weighted by atomic mass is 16.5. The van der Waals surface area contributed by atoms with E-state index in [0.717, 1.165) is 0 Å². The van der Waals surface area contributed by atoms with Gasteiger partial charge in [-0.25, -0.2) is 4.79 Å². The van der Waals surface area contributed by atoms with Gasteiger partial charge in [-0.1, -0.05) is 6.07 Å². The van der Waals surface area contributed by atoms with Crippen molar-refractivity contribution in [3.63, 3.8) is 0 Å². The number of ether oxygens (including phenoxy) is 2. The topological polar surface area (TPSA) is 84.9 Å². The van der Waals surface area contributed by atoms with Crippen molar-refractivity contribution >= 4 is 11.9 Å². The van der Waals surface area contributed by atoms with Crippen LogP contribution in [-0.2, 0) is 9.53 Å². The highest BCUT2D eigenvalue weighted by Crippen LogP contribution is 2.12. The number of aromatic carboxylic acids is 1. The maximum Gasteiger partial charge on any atom is 0.335 e. The van der Waals surface area contributed by atoms with Gasteiger partial charge in [0.2, 0.25) is 0 Å². The van der Waals surface area contributed by atoms with Crippen LogP contribution in [0.25, 0.3) is 0 Å². The van der Waals surface area contributed by atoms with Gasteiger partial charge in [0.25, 0.3) is 0 Å². The van der Waals surface area contributed by atoms with Crippen molar-refractivity contribution in [1.29, 1.82) is 0 Å². The molecule has 0 radical (unpaired) electrons. The van der Waals surface area contributed by atoms with Crippen molar-refractivity contribution in [3.8, 4) is 5.75 Å². The van der Waals surface area contributed by atoms with E-state index in [-0.39, 0.29) is 18.1 Å². The Morgan fingerprint density at radius 3 is 2.84 bits per heavy atom. The molecule has 1 rings (SSSR count). The zero-order chi connectivity index (χ0) is 14.1. The van der Waals surface area contributed by atoms with E-state index in [0.29, 0.717) is 25.5 Å². The molecule has 0 heterocycles. The van der Waals surface area contributed by atoms with Crippen LogP contribution in [0.1, 0.15) is 17.3 Å². The van der Waals surface area contributed by atoms with Gasteiger partial charge in [-0.15, -0.1) is 0 Å². The fourth-order valence-electron chi connectivity index (χ4n) is 1.36. The van der Waals surface area contributed by atoms with E-state index in [1.54, 1.807) is 19.1 Å². The highest BCUT2D eigenvalue weighted by molar-refractivity contribution is 5.87. The summed E-state index contributed by atoms with van der Waals surface area (Å²) in [6, 6.07) is 6.24. The van der Waals surface area contributed by atoms with E-state index in [2.05, 4.69) is 5.32 Å². The number of carboxylic acid groups (broad SMARTS) is 1. The van der Waals surface area contributed by atoms with Crippen LogP contribution >= 0.6 is 0 Å². The van der Waals surface area contributed by atoms with Crippen molar-refractivity contribution in [3.05, 3.63) is 29.8 Å². The first kappa shape index (κ1) is 15.0. The second-order valence-corrected chi connectivity index (χ2v) is 3.66. The summed E-state index contributed by atoms with van der Waals surface area (Å²) in [5.74, 6) is -0.820. The van der Waals surface area contributed by atoms with Gasteiger partial charge in [-0.3, -0.25) is 4.79 Å². The summed E-state index contributed by atoms with van der Waals surface area (Å²) in [6.07, 6.45) is 0. The summed E-state index contributed by atoms with van der Waals surface area (Å²) in [4.78, 5) is 21.8. The average molecular weight is 267 g/mol. The molecule has 0 saturated carbocycles. The van der Waals surface area contributed by atoms with E-state index >= 15 is 0 Å². The Hall–Kier alpha value is -2.08. The molecule has 0 unspecified atom stereocenters. The van der Waals surface area contributed by atoms with E-state index in [1.165, 1.54) is 12.1 Å². The van der Waals surface area contributed by atoms with Crippen molar-refractivity contribution in [2.24, 2.45) is 0 Å². The van der Waals surface area contributed by atoms with Gasteiger partial charge in [0.15, 0.2) is 0 Å². The molecule has 2 N–H and O–H groups in total. The lowest BCUT2D eigenvalue weighted by Gasteiger charge is -2.07. The summed E-state index contributed by atoms with van der Waals surface area (Å²) in [5.41, 5.74) is 0.178. The van der Waals surface area contributed by atoms with Gasteiger partial charge in [0, 0.05) is 6.54 Å². The molecule has 0 aromatic heterocycles. The molecule has 6 nitrogen and oxygen atoms in total. The Bertz CT molecular complexity index is 433. The standard InChI is InChI=1S/C13H17NO5/c1-2-18-12(15)9-14-6-7-19-11-5-3-4-10(8-11)13(16)17/h3-5,8,14H,2,6-7,9H2,1H3,(H,16,17). The van der Waals surface area contributed by atoms with Gasteiger partial charge < -0.3 is 19.9 Å². The maximum absolute atomic E-state index is 11.0. The lowest BCUT2D eigenvalue weighted by Crippen LogP contribution is -2.28. The van der Waals surface area contributed by atoms with Gasteiger partial charge in [-0.2, -0.15) is 0 Å². The third kappa shape index (κ3) is 5.87.